The molecule has 0 heterocycles. The van der Waals surface area contributed by atoms with Crippen LogP contribution < -0.4 is 10.6 Å². The molecule has 0 spiro atoms. The highest BCUT2D eigenvalue weighted by atomic mass is 15.1. The summed E-state index contributed by atoms with van der Waals surface area (Å²) >= 11 is 0. The van der Waals surface area contributed by atoms with Gasteiger partial charge in [0.15, 0.2) is 0 Å². The van der Waals surface area contributed by atoms with Crippen molar-refractivity contribution in [2.24, 2.45) is 11.1 Å². The fraction of sp³-hybridized carbons (Fsp3) is 0.600. The molecule has 1 rings (SSSR count). The maximum Gasteiger partial charge on any atom is 0.0394 e. The second kappa shape index (κ2) is 5.09. The number of nitrogens with two attached hydrogens (primary N) is 1. The highest BCUT2D eigenvalue weighted by Crippen LogP contribution is 2.23. The minimum Gasteiger partial charge on any atom is -0.373 e. The molecule has 0 radical (unpaired) electrons. The van der Waals surface area contributed by atoms with E-state index in [1.165, 1.54) is 16.8 Å². The minimum atomic E-state index is 0.146. The molecule has 96 valence electrons. The summed E-state index contributed by atoms with van der Waals surface area (Å²) < 4.78 is 0. The molecule has 2 nitrogen and oxygen atoms in total. The highest BCUT2D eigenvalue weighted by Gasteiger charge is 2.22. The van der Waals surface area contributed by atoms with Gasteiger partial charge in [-0.1, -0.05) is 38.5 Å². The summed E-state index contributed by atoms with van der Waals surface area (Å²) in [5.41, 5.74) is 10.3. The number of benzene rings is 1. The molecule has 17 heavy (non-hydrogen) atoms. The van der Waals surface area contributed by atoms with E-state index in [1.807, 2.05) is 0 Å². The van der Waals surface area contributed by atoms with Gasteiger partial charge in [0.05, 0.1) is 0 Å². The van der Waals surface area contributed by atoms with E-state index >= 15 is 0 Å². The summed E-state index contributed by atoms with van der Waals surface area (Å²) in [6, 6.07) is 6.73. The maximum absolute atomic E-state index is 6.23. The molecule has 2 N–H and O–H groups in total. The molecule has 0 aliphatic carbocycles. The van der Waals surface area contributed by atoms with Gasteiger partial charge in [-0.05, 0) is 30.9 Å². The zero-order valence-corrected chi connectivity index (χ0v) is 12.0. The average molecular weight is 234 g/mol. The third-order valence-electron chi connectivity index (χ3n) is 3.35. The molecule has 0 aromatic heterocycles. The molecule has 2 heteroatoms. The molecular formula is C15H26N2. The van der Waals surface area contributed by atoms with Crippen LogP contribution in [0.5, 0.6) is 0 Å². The van der Waals surface area contributed by atoms with Crippen LogP contribution in [0.15, 0.2) is 18.2 Å². The monoisotopic (exact) mass is 234 g/mol. The molecule has 1 aromatic rings. The SMILES string of the molecule is Cc1ccc(N(C)CC(N)C(C)(C)C)c(C)c1. The van der Waals surface area contributed by atoms with E-state index in [2.05, 4.69) is 64.8 Å². The Bertz CT molecular complexity index is 377. The lowest BCUT2D eigenvalue weighted by Crippen LogP contribution is -2.44. The first-order valence-corrected chi connectivity index (χ1v) is 6.26. The summed E-state index contributed by atoms with van der Waals surface area (Å²) in [5, 5.41) is 0. The number of anilines is 1. The average Bonchev–Trinajstić information content (AvgIpc) is 2.15. The van der Waals surface area contributed by atoms with Crippen LogP contribution in [0, 0.1) is 19.3 Å². The summed E-state index contributed by atoms with van der Waals surface area (Å²) in [7, 11) is 2.11. The van der Waals surface area contributed by atoms with Crippen molar-refractivity contribution in [2.75, 3.05) is 18.5 Å². The number of hydrogen-bond donors (Lipinski definition) is 1. The lowest BCUT2D eigenvalue weighted by Gasteiger charge is -2.32. The van der Waals surface area contributed by atoms with Crippen molar-refractivity contribution in [3.8, 4) is 0 Å². The van der Waals surface area contributed by atoms with E-state index in [0.717, 1.165) is 6.54 Å². The Morgan fingerprint density at radius 2 is 1.82 bits per heavy atom. The molecule has 0 aliphatic heterocycles. The van der Waals surface area contributed by atoms with Crippen LogP contribution in [0.3, 0.4) is 0 Å². The summed E-state index contributed by atoms with van der Waals surface area (Å²) in [5.74, 6) is 0. The van der Waals surface area contributed by atoms with Gasteiger partial charge in [-0.15, -0.1) is 0 Å². The number of nitrogens with zero attached hydrogens (tertiary/aromatic N) is 1. The lowest BCUT2D eigenvalue weighted by atomic mass is 9.87. The summed E-state index contributed by atoms with van der Waals surface area (Å²) in [6.07, 6.45) is 0. The van der Waals surface area contributed by atoms with E-state index in [-0.39, 0.29) is 11.5 Å². The van der Waals surface area contributed by atoms with Crippen LogP contribution in [0.2, 0.25) is 0 Å². The zero-order valence-electron chi connectivity index (χ0n) is 12.0. The van der Waals surface area contributed by atoms with Crippen molar-refractivity contribution in [2.45, 2.75) is 40.7 Å². The molecule has 0 saturated carbocycles. The van der Waals surface area contributed by atoms with Gasteiger partial charge in [-0.2, -0.15) is 0 Å². The van der Waals surface area contributed by atoms with E-state index in [1.54, 1.807) is 0 Å². The zero-order chi connectivity index (χ0) is 13.2. The van der Waals surface area contributed by atoms with Crippen LogP contribution in [0.4, 0.5) is 5.69 Å². The van der Waals surface area contributed by atoms with Crippen LogP contribution in [-0.2, 0) is 0 Å². The molecule has 1 atom stereocenters. The van der Waals surface area contributed by atoms with Crippen LogP contribution in [-0.4, -0.2) is 19.6 Å². The lowest BCUT2D eigenvalue weighted by molar-refractivity contribution is 0.323. The van der Waals surface area contributed by atoms with Crippen molar-refractivity contribution in [3.05, 3.63) is 29.3 Å². The molecule has 0 bridgehead atoms. The van der Waals surface area contributed by atoms with Gasteiger partial charge in [0.25, 0.3) is 0 Å². The van der Waals surface area contributed by atoms with Gasteiger partial charge in [0, 0.05) is 25.3 Å². The number of hydrogen-bond acceptors (Lipinski definition) is 2. The van der Waals surface area contributed by atoms with E-state index in [4.69, 9.17) is 5.73 Å². The molecule has 0 saturated heterocycles. The standard InChI is InChI=1S/C15H26N2/c1-11-7-8-13(12(2)9-11)17(6)10-14(16)15(3,4)5/h7-9,14H,10,16H2,1-6H3. The first-order chi connectivity index (χ1) is 7.71. The topological polar surface area (TPSA) is 29.3 Å². The largest absolute Gasteiger partial charge is 0.373 e. The number of rotatable bonds is 3. The highest BCUT2D eigenvalue weighted by molar-refractivity contribution is 5.53. The molecular weight excluding hydrogens is 208 g/mol. The maximum atomic E-state index is 6.23. The molecule has 0 aliphatic rings. The van der Waals surface area contributed by atoms with Crippen molar-refractivity contribution in [1.82, 2.24) is 0 Å². The second-order valence-electron chi connectivity index (χ2n) is 6.14. The van der Waals surface area contributed by atoms with Crippen molar-refractivity contribution in [1.29, 1.82) is 0 Å². The normalized spacial score (nSPS) is 13.6. The van der Waals surface area contributed by atoms with Gasteiger partial charge in [-0.3, -0.25) is 0 Å². The van der Waals surface area contributed by atoms with Crippen LogP contribution >= 0.6 is 0 Å². The Labute approximate surface area is 106 Å². The van der Waals surface area contributed by atoms with Crippen molar-refractivity contribution < 1.29 is 0 Å². The Morgan fingerprint density at radius 3 is 2.29 bits per heavy atom. The molecule has 1 unspecified atom stereocenters. The Balaban J connectivity index is 2.80. The Hall–Kier alpha value is -1.02. The summed E-state index contributed by atoms with van der Waals surface area (Å²) in [6.45, 7) is 11.7. The first-order valence-electron chi connectivity index (χ1n) is 6.26. The van der Waals surface area contributed by atoms with E-state index in [9.17, 15) is 0 Å². The summed E-state index contributed by atoms with van der Waals surface area (Å²) in [4.78, 5) is 2.25. The quantitative estimate of drug-likeness (QED) is 0.870. The van der Waals surface area contributed by atoms with Crippen LogP contribution in [0.25, 0.3) is 0 Å². The van der Waals surface area contributed by atoms with Gasteiger partial charge in [0.2, 0.25) is 0 Å². The fourth-order valence-electron chi connectivity index (χ4n) is 1.90. The van der Waals surface area contributed by atoms with Gasteiger partial charge < -0.3 is 10.6 Å². The Morgan fingerprint density at radius 1 is 1.24 bits per heavy atom. The van der Waals surface area contributed by atoms with Gasteiger partial charge >= 0.3 is 0 Å². The van der Waals surface area contributed by atoms with Crippen LogP contribution in [0.1, 0.15) is 31.9 Å². The molecule has 0 amide bonds. The predicted molar refractivity (Wildman–Crippen MR) is 76.6 cm³/mol. The van der Waals surface area contributed by atoms with Gasteiger partial charge in [0.1, 0.15) is 0 Å². The third-order valence-corrected chi connectivity index (χ3v) is 3.35. The Kier molecular flexibility index (Phi) is 4.21. The minimum absolute atomic E-state index is 0.146. The van der Waals surface area contributed by atoms with Crippen molar-refractivity contribution in [3.63, 3.8) is 0 Å². The molecule has 0 fully saturated rings. The number of aryl methyl sites for hydroxylation is 2. The molecule has 1 aromatic carbocycles. The smallest absolute Gasteiger partial charge is 0.0394 e. The predicted octanol–water partition coefficient (Wildman–Crippen LogP) is 3.11. The van der Waals surface area contributed by atoms with Crippen molar-refractivity contribution >= 4 is 5.69 Å². The number of likely N-dealkylation sites (N-methyl/N-ethyl adjacent to an activating group) is 1. The fourth-order valence-corrected chi connectivity index (χ4v) is 1.90. The van der Waals surface area contributed by atoms with E-state index in [0.29, 0.717) is 0 Å². The van der Waals surface area contributed by atoms with Gasteiger partial charge in [-0.25, -0.2) is 0 Å². The van der Waals surface area contributed by atoms with E-state index < -0.39 is 0 Å². The second-order valence-corrected chi connectivity index (χ2v) is 6.14. The third kappa shape index (κ3) is 3.74. The first kappa shape index (κ1) is 14.0.